The summed E-state index contributed by atoms with van der Waals surface area (Å²) in [5, 5.41) is 2.00. The predicted molar refractivity (Wildman–Crippen MR) is 136 cm³/mol. The molecule has 0 aliphatic carbocycles. The number of carbonyl (C=O) groups is 1. The number of carbonyl (C=O) groups excluding carboxylic acids is 1. The van der Waals surface area contributed by atoms with Gasteiger partial charge >= 0.3 is 0 Å². The second-order valence-electron chi connectivity index (χ2n) is 8.86. The van der Waals surface area contributed by atoms with Crippen LogP contribution in [0, 0.1) is 0 Å². The molecule has 3 aromatic rings. The number of hydrogen-bond donors (Lipinski definition) is 0. The molecule has 6 heteroatoms. The van der Waals surface area contributed by atoms with E-state index in [2.05, 4.69) is 28.0 Å². The number of piperidine rings is 1. The first kappa shape index (κ1) is 22.6. The van der Waals surface area contributed by atoms with E-state index in [-0.39, 0.29) is 5.78 Å². The molecular formula is C26H33N3O2S. The van der Waals surface area contributed by atoms with Gasteiger partial charge in [0.2, 0.25) is 0 Å². The number of rotatable bonds is 8. The maximum atomic E-state index is 13.5. The van der Waals surface area contributed by atoms with Crippen LogP contribution in [0.1, 0.15) is 35.2 Å². The summed E-state index contributed by atoms with van der Waals surface area (Å²) in [7, 11) is 8.05. The first-order valence-corrected chi connectivity index (χ1v) is 12.2. The lowest BCUT2D eigenvalue weighted by Gasteiger charge is -2.26. The fourth-order valence-electron chi connectivity index (χ4n) is 4.21. The topological polar surface area (TPSA) is 36.0 Å². The molecule has 2 aromatic carbocycles. The zero-order chi connectivity index (χ0) is 22.7. The number of hydrogen-bond acceptors (Lipinski definition) is 6. The van der Waals surface area contributed by atoms with Crippen molar-refractivity contribution in [3.8, 4) is 5.75 Å². The fourth-order valence-corrected chi connectivity index (χ4v) is 5.36. The molecule has 1 fully saturated rings. The average Bonchev–Trinajstić information content (AvgIpc) is 3.19. The van der Waals surface area contributed by atoms with Gasteiger partial charge in [0.25, 0.3) is 0 Å². The van der Waals surface area contributed by atoms with Crippen molar-refractivity contribution in [1.82, 2.24) is 4.90 Å². The first-order chi connectivity index (χ1) is 15.4. The highest BCUT2D eigenvalue weighted by Crippen LogP contribution is 2.40. The quantitative estimate of drug-likeness (QED) is 0.444. The normalized spacial score (nSPS) is 14.5. The Balaban J connectivity index is 1.51. The van der Waals surface area contributed by atoms with Gasteiger partial charge in [0.05, 0.1) is 5.56 Å². The number of likely N-dealkylation sites (tertiary alicyclic amines) is 1. The van der Waals surface area contributed by atoms with Crippen LogP contribution in [-0.2, 0) is 0 Å². The van der Waals surface area contributed by atoms with Crippen molar-refractivity contribution in [1.29, 1.82) is 0 Å². The van der Waals surface area contributed by atoms with E-state index in [4.69, 9.17) is 4.74 Å². The third-order valence-corrected chi connectivity index (χ3v) is 7.37. The minimum atomic E-state index is 0.0532. The molecule has 0 spiro atoms. The molecule has 0 atom stereocenters. The highest BCUT2D eigenvalue weighted by Gasteiger charge is 2.22. The molecule has 0 unspecified atom stereocenters. The van der Waals surface area contributed by atoms with Gasteiger partial charge in [-0.2, -0.15) is 0 Å². The zero-order valence-electron chi connectivity index (χ0n) is 19.6. The van der Waals surface area contributed by atoms with Gasteiger partial charge in [-0.1, -0.05) is 12.5 Å². The maximum Gasteiger partial charge on any atom is 0.196 e. The Bertz CT molecular complexity index is 1070. The van der Waals surface area contributed by atoms with E-state index < -0.39 is 0 Å². The Labute approximate surface area is 195 Å². The van der Waals surface area contributed by atoms with Crippen molar-refractivity contribution >= 4 is 37.9 Å². The molecule has 0 saturated carbocycles. The smallest absolute Gasteiger partial charge is 0.196 e. The van der Waals surface area contributed by atoms with Crippen molar-refractivity contribution in [3.63, 3.8) is 0 Å². The number of thiophene rings is 1. The van der Waals surface area contributed by atoms with Gasteiger partial charge in [0, 0.05) is 56.1 Å². The van der Waals surface area contributed by atoms with Crippen molar-refractivity contribution in [2.24, 2.45) is 0 Å². The van der Waals surface area contributed by atoms with Gasteiger partial charge in [0.15, 0.2) is 5.78 Å². The van der Waals surface area contributed by atoms with Crippen LogP contribution in [0.5, 0.6) is 5.75 Å². The standard InChI is InChI=1S/C26H33N3O2S/c1-27(2)20-10-13-22-23(18-20)32-26(28(3)4)24(22)25(30)19-8-11-21(12-9-19)31-17-16-29-14-6-5-7-15-29/h8-13,18H,5-7,14-17H2,1-4H3. The fraction of sp³-hybridized carbons (Fsp3) is 0.423. The third-order valence-electron chi connectivity index (χ3n) is 6.05. The molecule has 5 nitrogen and oxygen atoms in total. The molecule has 1 aromatic heterocycles. The Morgan fingerprint density at radius 1 is 0.969 bits per heavy atom. The highest BCUT2D eigenvalue weighted by atomic mass is 32.1. The molecule has 1 saturated heterocycles. The summed E-state index contributed by atoms with van der Waals surface area (Å²) in [5.74, 6) is 0.870. The minimum absolute atomic E-state index is 0.0532. The lowest BCUT2D eigenvalue weighted by atomic mass is 10.0. The van der Waals surface area contributed by atoms with Crippen LogP contribution in [-0.4, -0.2) is 65.1 Å². The summed E-state index contributed by atoms with van der Waals surface area (Å²) in [5.41, 5.74) is 2.60. The predicted octanol–water partition coefficient (Wildman–Crippen LogP) is 5.13. The summed E-state index contributed by atoms with van der Waals surface area (Å²) in [4.78, 5) is 20.1. The maximum absolute atomic E-state index is 13.5. The lowest BCUT2D eigenvalue weighted by molar-refractivity contribution is 0.104. The molecule has 1 aliphatic rings. The van der Waals surface area contributed by atoms with Gasteiger partial charge in [-0.3, -0.25) is 9.69 Å². The van der Waals surface area contributed by atoms with Crippen LogP contribution >= 0.6 is 11.3 Å². The Hall–Kier alpha value is -2.57. The van der Waals surface area contributed by atoms with E-state index in [1.165, 1.54) is 32.4 Å². The third kappa shape index (κ3) is 4.92. The van der Waals surface area contributed by atoms with Crippen molar-refractivity contribution in [2.45, 2.75) is 19.3 Å². The second kappa shape index (κ2) is 9.92. The Morgan fingerprint density at radius 2 is 1.69 bits per heavy atom. The van der Waals surface area contributed by atoms with Crippen LogP contribution < -0.4 is 14.5 Å². The Kier molecular flexibility index (Phi) is 7.01. The molecule has 0 radical (unpaired) electrons. The summed E-state index contributed by atoms with van der Waals surface area (Å²) in [6.07, 6.45) is 3.93. The van der Waals surface area contributed by atoms with E-state index in [0.717, 1.165) is 38.6 Å². The average molecular weight is 452 g/mol. The molecule has 32 heavy (non-hydrogen) atoms. The van der Waals surface area contributed by atoms with E-state index in [1.54, 1.807) is 11.3 Å². The molecule has 2 heterocycles. The monoisotopic (exact) mass is 451 g/mol. The van der Waals surface area contributed by atoms with Gasteiger partial charge in [-0.25, -0.2) is 0 Å². The van der Waals surface area contributed by atoms with E-state index in [0.29, 0.717) is 12.2 Å². The number of nitrogens with zero attached hydrogens (tertiary/aromatic N) is 3. The van der Waals surface area contributed by atoms with E-state index in [9.17, 15) is 4.79 Å². The number of ketones is 1. The van der Waals surface area contributed by atoms with Crippen LogP contribution in [0.3, 0.4) is 0 Å². The van der Waals surface area contributed by atoms with Crippen molar-refractivity contribution < 1.29 is 9.53 Å². The van der Waals surface area contributed by atoms with E-state index >= 15 is 0 Å². The summed E-state index contributed by atoms with van der Waals surface area (Å²) in [6.45, 7) is 4.00. The van der Waals surface area contributed by atoms with Crippen molar-refractivity contribution in [3.05, 3.63) is 53.6 Å². The van der Waals surface area contributed by atoms with Gasteiger partial charge < -0.3 is 14.5 Å². The molecule has 0 N–H and O–H groups in total. The first-order valence-electron chi connectivity index (χ1n) is 11.3. The molecule has 1 aliphatic heterocycles. The number of fused-ring (bicyclic) bond motifs is 1. The Morgan fingerprint density at radius 3 is 2.34 bits per heavy atom. The summed E-state index contributed by atoms with van der Waals surface area (Å²) in [6, 6.07) is 13.9. The minimum Gasteiger partial charge on any atom is -0.492 e. The van der Waals surface area contributed by atoms with Gasteiger partial charge in [-0.15, -0.1) is 11.3 Å². The molecular weight excluding hydrogens is 418 g/mol. The van der Waals surface area contributed by atoms with Gasteiger partial charge in [0.1, 0.15) is 17.4 Å². The van der Waals surface area contributed by atoms with Crippen LogP contribution in [0.4, 0.5) is 10.7 Å². The lowest BCUT2D eigenvalue weighted by Crippen LogP contribution is -2.33. The van der Waals surface area contributed by atoms with Crippen LogP contribution in [0.15, 0.2) is 42.5 Å². The molecule has 4 rings (SSSR count). The highest BCUT2D eigenvalue weighted by molar-refractivity contribution is 7.23. The summed E-state index contributed by atoms with van der Waals surface area (Å²) < 4.78 is 7.06. The summed E-state index contributed by atoms with van der Waals surface area (Å²) >= 11 is 1.66. The number of ether oxygens (including phenoxy) is 1. The van der Waals surface area contributed by atoms with Crippen molar-refractivity contribution in [2.75, 3.05) is 64.2 Å². The largest absolute Gasteiger partial charge is 0.492 e. The number of anilines is 2. The molecule has 0 bridgehead atoms. The van der Waals surface area contributed by atoms with E-state index in [1.807, 2.05) is 57.4 Å². The van der Waals surface area contributed by atoms with Crippen LogP contribution in [0.2, 0.25) is 0 Å². The SMILES string of the molecule is CN(C)c1ccc2c(C(=O)c3ccc(OCCN4CCCCC4)cc3)c(N(C)C)sc2c1. The zero-order valence-corrected chi connectivity index (χ0v) is 20.4. The van der Waals surface area contributed by atoms with Gasteiger partial charge in [-0.05, 0) is 62.3 Å². The van der Waals surface area contributed by atoms with Crippen LogP contribution in [0.25, 0.3) is 10.1 Å². The number of benzene rings is 2. The second-order valence-corrected chi connectivity index (χ2v) is 9.89. The molecule has 0 amide bonds. The molecule has 170 valence electrons.